The van der Waals surface area contributed by atoms with Gasteiger partial charge in [0.1, 0.15) is 0 Å². The van der Waals surface area contributed by atoms with E-state index in [0.717, 1.165) is 37.1 Å². The van der Waals surface area contributed by atoms with Crippen LogP contribution >= 0.6 is 0 Å². The maximum absolute atomic E-state index is 12.1. The van der Waals surface area contributed by atoms with Crippen molar-refractivity contribution in [1.82, 2.24) is 10.6 Å². The smallest absolute Gasteiger partial charge is 0.251 e. The maximum atomic E-state index is 12.1. The van der Waals surface area contributed by atoms with Crippen LogP contribution in [0, 0.1) is 5.92 Å². The second kappa shape index (κ2) is 7.88. The van der Waals surface area contributed by atoms with E-state index < -0.39 is 0 Å². The highest BCUT2D eigenvalue weighted by Crippen LogP contribution is 2.09. The second-order valence-electron chi connectivity index (χ2n) is 4.73. The lowest BCUT2D eigenvalue weighted by Gasteiger charge is -2.12. The average molecular weight is 248 g/mol. The molecule has 0 heterocycles. The van der Waals surface area contributed by atoms with Crippen molar-refractivity contribution in [3.8, 4) is 0 Å². The monoisotopic (exact) mass is 248 g/mol. The fraction of sp³-hybridized carbons (Fsp3) is 0.533. The van der Waals surface area contributed by atoms with Gasteiger partial charge in [-0.2, -0.15) is 0 Å². The number of carbonyl (C=O) groups excluding carboxylic acids is 1. The van der Waals surface area contributed by atoms with Gasteiger partial charge >= 0.3 is 0 Å². The van der Waals surface area contributed by atoms with Gasteiger partial charge in [0.05, 0.1) is 0 Å². The lowest BCUT2D eigenvalue weighted by molar-refractivity contribution is 0.0947. The van der Waals surface area contributed by atoms with Crippen molar-refractivity contribution in [1.29, 1.82) is 0 Å². The Labute approximate surface area is 110 Å². The molecule has 0 spiro atoms. The molecule has 0 saturated heterocycles. The normalized spacial score (nSPS) is 12.2. The third kappa shape index (κ3) is 4.49. The fourth-order valence-electron chi connectivity index (χ4n) is 1.73. The molecule has 1 unspecified atom stereocenters. The second-order valence-corrected chi connectivity index (χ2v) is 4.73. The molecule has 100 valence electrons. The summed E-state index contributed by atoms with van der Waals surface area (Å²) in [5, 5.41) is 6.12. The van der Waals surface area contributed by atoms with Gasteiger partial charge < -0.3 is 10.6 Å². The van der Waals surface area contributed by atoms with E-state index in [1.54, 1.807) is 0 Å². The summed E-state index contributed by atoms with van der Waals surface area (Å²) in [6.07, 6.45) is 1.96. The Kier molecular flexibility index (Phi) is 6.44. The average Bonchev–Trinajstić information content (AvgIpc) is 2.42. The van der Waals surface area contributed by atoms with Crippen molar-refractivity contribution < 1.29 is 4.79 Å². The highest BCUT2D eigenvalue weighted by molar-refractivity contribution is 5.95. The molecule has 3 heteroatoms. The minimum Gasteiger partial charge on any atom is -0.352 e. The molecule has 0 aromatic heterocycles. The highest BCUT2D eigenvalue weighted by atomic mass is 16.1. The van der Waals surface area contributed by atoms with Crippen LogP contribution in [0.15, 0.2) is 24.3 Å². The molecule has 1 aromatic carbocycles. The van der Waals surface area contributed by atoms with Crippen LogP contribution in [0.5, 0.6) is 0 Å². The van der Waals surface area contributed by atoms with Gasteiger partial charge in [-0.15, -0.1) is 0 Å². The lowest BCUT2D eigenvalue weighted by Crippen LogP contribution is -2.29. The summed E-state index contributed by atoms with van der Waals surface area (Å²) in [5.74, 6) is 0.570. The summed E-state index contributed by atoms with van der Waals surface area (Å²) in [5.41, 5.74) is 1.91. The maximum Gasteiger partial charge on any atom is 0.251 e. The van der Waals surface area contributed by atoms with Crippen LogP contribution in [0.25, 0.3) is 0 Å². The van der Waals surface area contributed by atoms with Crippen molar-refractivity contribution >= 4 is 5.91 Å². The summed E-state index contributed by atoms with van der Waals surface area (Å²) in [7, 11) is 1.92. The molecule has 1 atom stereocenters. The summed E-state index contributed by atoms with van der Waals surface area (Å²) in [6.45, 7) is 5.91. The van der Waals surface area contributed by atoms with Crippen molar-refractivity contribution in [3.63, 3.8) is 0 Å². The molecule has 0 saturated carbocycles. The molecule has 1 aromatic rings. The van der Waals surface area contributed by atoms with E-state index in [4.69, 9.17) is 0 Å². The van der Waals surface area contributed by atoms with Gasteiger partial charge in [0.25, 0.3) is 5.91 Å². The largest absolute Gasteiger partial charge is 0.352 e. The van der Waals surface area contributed by atoms with Crippen LogP contribution in [0.3, 0.4) is 0 Å². The zero-order valence-electron chi connectivity index (χ0n) is 11.6. The molecule has 18 heavy (non-hydrogen) atoms. The Morgan fingerprint density at radius 2 is 2.06 bits per heavy atom. The van der Waals surface area contributed by atoms with Crippen molar-refractivity contribution in [2.45, 2.75) is 26.7 Å². The molecular weight excluding hydrogens is 224 g/mol. The van der Waals surface area contributed by atoms with Crippen LogP contribution in [0.1, 0.15) is 36.2 Å². The van der Waals surface area contributed by atoms with Crippen LogP contribution < -0.4 is 10.6 Å². The Morgan fingerprint density at radius 1 is 1.33 bits per heavy atom. The Hall–Kier alpha value is -1.35. The van der Waals surface area contributed by atoms with Crippen LogP contribution in [-0.2, 0) is 6.42 Å². The fourth-order valence-corrected chi connectivity index (χ4v) is 1.73. The van der Waals surface area contributed by atoms with Crippen LogP contribution in [-0.4, -0.2) is 26.0 Å². The molecule has 1 rings (SSSR count). The van der Waals surface area contributed by atoms with Gasteiger partial charge in [0.2, 0.25) is 0 Å². The third-order valence-corrected chi connectivity index (χ3v) is 3.21. The number of benzene rings is 1. The zero-order chi connectivity index (χ0) is 13.4. The molecule has 1 amide bonds. The molecule has 0 aliphatic carbocycles. The van der Waals surface area contributed by atoms with Gasteiger partial charge in [0.15, 0.2) is 0 Å². The van der Waals surface area contributed by atoms with Gasteiger partial charge in [0, 0.05) is 12.1 Å². The van der Waals surface area contributed by atoms with Crippen LogP contribution in [0.4, 0.5) is 0 Å². The molecule has 0 bridgehead atoms. The number of likely N-dealkylation sites (N-methyl/N-ethyl adjacent to an activating group) is 1. The van der Waals surface area contributed by atoms with E-state index in [0.29, 0.717) is 5.92 Å². The molecule has 0 radical (unpaired) electrons. The Morgan fingerprint density at radius 3 is 2.72 bits per heavy atom. The van der Waals surface area contributed by atoms with Gasteiger partial charge in [-0.3, -0.25) is 4.79 Å². The van der Waals surface area contributed by atoms with E-state index in [1.165, 1.54) is 0 Å². The summed E-state index contributed by atoms with van der Waals surface area (Å²) < 4.78 is 0. The van der Waals surface area contributed by atoms with Gasteiger partial charge in [-0.1, -0.05) is 38.5 Å². The number of hydrogen-bond acceptors (Lipinski definition) is 2. The molecule has 3 nitrogen and oxygen atoms in total. The first kappa shape index (κ1) is 14.7. The minimum atomic E-state index is 0.0435. The number of rotatable bonds is 7. The summed E-state index contributed by atoms with van der Waals surface area (Å²) in [4.78, 5) is 12.1. The molecule has 0 aliphatic heterocycles. The van der Waals surface area contributed by atoms with E-state index in [1.807, 2.05) is 31.3 Å². The quantitative estimate of drug-likeness (QED) is 0.777. The number of nitrogens with one attached hydrogen (secondary N) is 2. The molecule has 0 aliphatic rings. The zero-order valence-corrected chi connectivity index (χ0v) is 11.6. The van der Waals surface area contributed by atoms with Crippen molar-refractivity contribution in [3.05, 3.63) is 35.4 Å². The molecule has 2 N–H and O–H groups in total. The first-order valence-electron chi connectivity index (χ1n) is 6.69. The van der Waals surface area contributed by atoms with E-state index in [9.17, 15) is 4.79 Å². The number of amides is 1. The van der Waals surface area contributed by atoms with Crippen molar-refractivity contribution in [2.24, 2.45) is 5.92 Å². The van der Waals surface area contributed by atoms with Crippen LogP contribution in [0.2, 0.25) is 0 Å². The van der Waals surface area contributed by atoms with E-state index >= 15 is 0 Å². The lowest BCUT2D eigenvalue weighted by atomic mass is 10.0. The number of hydrogen-bond donors (Lipinski definition) is 2. The minimum absolute atomic E-state index is 0.0435. The predicted molar refractivity (Wildman–Crippen MR) is 75.9 cm³/mol. The Bertz CT molecular complexity index is 377. The SMILES string of the molecule is CCC(C)CNC(=O)c1ccccc1CCNC. The molecular formula is C15H24N2O. The topological polar surface area (TPSA) is 41.1 Å². The van der Waals surface area contributed by atoms with E-state index in [2.05, 4.69) is 24.5 Å². The highest BCUT2D eigenvalue weighted by Gasteiger charge is 2.10. The molecule has 0 fully saturated rings. The van der Waals surface area contributed by atoms with Gasteiger partial charge in [-0.05, 0) is 37.6 Å². The van der Waals surface area contributed by atoms with E-state index in [-0.39, 0.29) is 5.91 Å². The Balaban J connectivity index is 2.66. The summed E-state index contributed by atoms with van der Waals surface area (Å²) >= 11 is 0. The predicted octanol–water partition coefficient (Wildman–Crippen LogP) is 2.22. The number of carbonyl (C=O) groups is 1. The first-order valence-corrected chi connectivity index (χ1v) is 6.69. The summed E-state index contributed by atoms with van der Waals surface area (Å²) in [6, 6.07) is 7.82. The third-order valence-electron chi connectivity index (χ3n) is 3.21. The standard InChI is InChI=1S/C15H24N2O/c1-4-12(2)11-17-15(18)14-8-6-5-7-13(14)9-10-16-3/h5-8,12,16H,4,9-11H2,1-3H3,(H,17,18). The van der Waals surface area contributed by atoms with Gasteiger partial charge in [-0.25, -0.2) is 0 Å². The first-order chi connectivity index (χ1) is 8.69. The van der Waals surface area contributed by atoms with Crippen molar-refractivity contribution in [2.75, 3.05) is 20.1 Å².